The van der Waals surface area contributed by atoms with Gasteiger partial charge in [0, 0.05) is 0 Å². The van der Waals surface area contributed by atoms with Crippen LogP contribution in [0.1, 0.15) is 0 Å². The first-order valence-electron chi connectivity index (χ1n) is 16.7. The third-order valence-electron chi connectivity index (χ3n) is 10.2. The summed E-state index contributed by atoms with van der Waals surface area (Å²) >= 11 is 0. The van der Waals surface area contributed by atoms with E-state index in [0.717, 1.165) is 0 Å². The van der Waals surface area contributed by atoms with E-state index in [9.17, 15) is 0 Å². The van der Waals surface area contributed by atoms with E-state index in [1.807, 2.05) is 0 Å². The van der Waals surface area contributed by atoms with Crippen LogP contribution in [0.4, 0.5) is 0 Å². The van der Waals surface area contributed by atoms with Crippen molar-refractivity contribution in [2.45, 2.75) is 0 Å². The molecule has 10 aromatic rings. The molecule has 10 aromatic carbocycles. The molecule has 0 spiro atoms. The van der Waals surface area contributed by atoms with Gasteiger partial charge in [-0.15, -0.1) is 0 Å². The van der Waals surface area contributed by atoms with Crippen LogP contribution in [-0.2, 0) is 0 Å². The van der Waals surface area contributed by atoms with Crippen molar-refractivity contribution in [3.8, 4) is 33.4 Å². The van der Waals surface area contributed by atoms with Gasteiger partial charge in [0.1, 0.15) is 0 Å². The van der Waals surface area contributed by atoms with Crippen LogP contribution >= 0.6 is 0 Å². The molecule has 0 saturated carbocycles. The van der Waals surface area contributed by atoms with E-state index in [4.69, 9.17) is 0 Å². The van der Waals surface area contributed by atoms with Gasteiger partial charge in [-0.05, 0) is 134 Å². The standard InChI is InChI=1S/C48H30/c1-2-11-33-25-34(19-17-31(33)9-1)35-20-21-37-27-39(23-22-36(37)26-35)46-30-41(28-38-12-4-5-13-42(38)46)47-29-40-24-18-32-10-3-6-14-43(32)48(40)45-16-8-7-15-44(45)47/h1-30H. The fourth-order valence-electron chi connectivity index (χ4n) is 7.78. The normalized spacial score (nSPS) is 11.8. The number of benzene rings is 10. The van der Waals surface area contributed by atoms with Gasteiger partial charge in [-0.25, -0.2) is 0 Å². The zero-order chi connectivity index (χ0) is 31.6. The summed E-state index contributed by atoms with van der Waals surface area (Å²) in [7, 11) is 0. The number of hydrogen-bond donors (Lipinski definition) is 0. The Morgan fingerprint density at radius 2 is 0.667 bits per heavy atom. The SMILES string of the molecule is c1ccc2cc(-c3ccc4cc(-c5cc(-c6cc7ccc8ccccc8c7c7ccccc67)cc6ccccc56)ccc4c3)ccc2c1. The lowest BCUT2D eigenvalue weighted by Gasteiger charge is -2.16. The van der Waals surface area contributed by atoms with Gasteiger partial charge in [-0.2, -0.15) is 0 Å². The maximum atomic E-state index is 2.40. The minimum absolute atomic E-state index is 1.23. The van der Waals surface area contributed by atoms with Crippen molar-refractivity contribution in [1.82, 2.24) is 0 Å². The minimum Gasteiger partial charge on any atom is -0.0616 e. The van der Waals surface area contributed by atoms with Crippen LogP contribution in [0.15, 0.2) is 182 Å². The Morgan fingerprint density at radius 3 is 1.44 bits per heavy atom. The number of fused-ring (bicyclic) bond motifs is 8. The summed E-state index contributed by atoms with van der Waals surface area (Å²) in [5, 5.41) is 15.3. The molecule has 0 fully saturated rings. The van der Waals surface area contributed by atoms with E-state index in [1.165, 1.54) is 98.0 Å². The van der Waals surface area contributed by atoms with Gasteiger partial charge >= 0.3 is 0 Å². The lowest BCUT2D eigenvalue weighted by atomic mass is 9.88. The van der Waals surface area contributed by atoms with Gasteiger partial charge < -0.3 is 0 Å². The van der Waals surface area contributed by atoms with Gasteiger partial charge in [-0.3, -0.25) is 0 Å². The van der Waals surface area contributed by atoms with E-state index in [-0.39, 0.29) is 0 Å². The van der Waals surface area contributed by atoms with Crippen LogP contribution < -0.4 is 0 Å². The minimum atomic E-state index is 1.23. The third kappa shape index (κ3) is 4.31. The Hall–Kier alpha value is -6.24. The van der Waals surface area contributed by atoms with Crippen LogP contribution in [0.3, 0.4) is 0 Å². The molecule has 0 unspecified atom stereocenters. The number of rotatable bonds is 3. The van der Waals surface area contributed by atoms with Crippen LogP contribution in [0.25, 0.3) is 98.0 Å². The average molecular weight is 607 g/mol. The second kappa shape index (κ2) is 10.7. The smallest absolute Gasteiger partial charge is 0.00264 e. The molecule has 0 aromatic heterocycles. The van der Waals surface area contributed by atoms with Crippen LogP contribution in [0.2, 0.25) is 0 Å². The summed E-state index contributed by atoms with van der Waals surface area (Å²) in [6, 6.07) is 67.2. The maximum Gasteiger partial charge on any atom is -0.00264 e. The first kappa shape index (κ1) is 26.9. The van der Waals surface area contributed by atoms with Crippen molar-refractivity contribution in [2.75, 3.05) is 0 Å². The molecule has 0 heterocycles. The molecule has 0 saturated heterocycles. The van der Waals surface area contributed by atoms with Crippen molar-refractivity contribution < 1.29 is 0 Å². The summed E-state index contributed by atoms with van der Waals surface area (Å²) in [6.45, 7) is 0. The zero-order valence-corrected chi connectivity index (χ0v) is 26.3. The van der Waals surface area contributed by atoms with E-state index >= 15 is 0 Å². The Labute approximate surface area is 279 Å². The third-order valence-corrected chi connectivity index (χ3v) is 10.2. The molecule has 0 amide bonds. The lowest BCUT2D eigenvalue weighted by molar-refractivity contribution is 1.65. The fourth-order valence-corrected chi connectivity index (χ4v) is 7.78. The highest BCUT2D eigenvalue weighted by molar-refractivity contribution is 6.23. The molecule has 0 heteroatoms. The highest BCUT2D eigenvalue weighted by atomic mass is 14.2. The molecule has 0 aliphatic rings. The highest BCUT2D eigenvalue weighted by Crippen LogP contribution is 2.42. The molecule has 0 N–H and O–H groups in total. The zero-order valence-electron chi connectivity index (χ0n) is 26.3. The monoisotopic (exact) mass is 606 g/mol. The first-order valence-corrected chi connectivity index (χ1v) is 16.7. The first-order chi connectivity index (χ1) is 23.8. The second-order valence-corrected chi connectivity index (χ2v) is 12.9. The maximum absolute atomic E-state index is 2.40. The van der Waals surface area contributed by atoms with Crippen molar-refractivity contribution in [2.24, 2.45) is 0 Å². The van der Waals surface area contributed by atoms with Crippen molar-refractivity contribution in [3.05, 3.63) is 182 Å². The van der Waals surface area contributed by atoms with Crippen LogP contribution in [0, 0.1) is 0 Å². The number of hydrogen-bond acceptors (Lipinski definition) is 0. The van der Waals surface area contributed by atoms with Crippen molar-refractivity contribution >= 4 is 64.6 Å². The Balaban J connectivity index is 1.14. The largest absolute Gasteiger partial charge is 0.0616 e. The lowest BCUT2D eigenvalue weighted by Crippen LogP contribution is -1.89. The summed E-state index contributed by atoms with van der Waals surface area (Å²) < 4.78 is 0. The Bertz CT molecular complexity index is 2890. The van der Waals surface area contributed by atoms with E-state index in [2.05, 4.69) is 182 Å². The van der Waals surface area contributed by atoms with E-state index in [0.29, 0.717) is 0 Å². The van der Waals surface area contributed by atoms with Crippen molar-refractivity contribution in [1.29, 1.82) is 0 Å². The Kier molecular flexibility index (Phi) is 5.98. The molecule has 0 nitrogen and oxygen atoms in total. The van der Waals surface area contributed by atoms with Gasteiger partial charge in [0.05, 0.1) is 0 Å². The second-order valence-electron chi connectivity index (χ2n) is 12.9. The molecule has 0 aliphatic carbocycles. The van der Waals surface area contributed by atoms with Gasteiger partial charge in [0.25, 0.3) is 0 Å². The molecule has 48 heavy (non-hydrogen) atoms. The molecular formula is C48H30. The molecular weight excluding hydrogens is 577 g/mol. The molecule has 0 radical (unpaired) electrons. The van der Waals surface area contributed by atoms with E-state index < -0.39 is 0 Å². The topological polar surface area (TPSA) is 0 Å². The summed E-state index contributed by atoms with van der Waals surface area (Å²) in [5.74, 6) is 0. The summed E-state index contributed by atoms with van der Waals surface area (Å²) in [5.41, 5.74) is 7.47. The quantitative estimate of drug-likeness (QED) is 0.176. The summed E-state index contributed by atoms with van der Waals surface area (Å²) in [4.78, 5) is 0. The van der Waals surface area contributed by atoms with Crippen LogP contribution in [-0.4, -0.2) is 0 Å². The molecule has 0 aliphatic heterocycles. The van der Waals surface area contributed by atoms with Gasteiger partial charge in [0.15, 0.2) is 0 Å². The summed E-state index contributed by atoms with van der Waals surface area (Å²) in [6.07, 6.45) is 0. The molecule has 10 rings (SSSR count). The highest BCUT2D eigenvalue weighted by Gasteiger charge is 2.14. The van der Waals surface area contributed by atoms with Crippen molar-refractivity contribution in [3.63, 3.8) is 0 Å². The molecule has 0 bridgehead atoms. The average Bonchev–Trinajstić information content (AvgIpc) is 3.16. The Morgan fingerprint density at radius 1 is 0.208 bits per heavy atom. The molecule has 0 atom stereocenters. The fraction of sp³-hybridized carbons (Fsp3) is 0. The predicted octanol–water partition coefficient (Wildman–Crippen LogP) is 13.6. The predicted molar refractivity (Wildman–Crippen MR) is 208 cm³/mol. The van der Waals surface area contributed by atoms with Crippen LogP contribution in [0.5, 0.6) is 0 Å². The van der Waals surface area contributed by atoms with Gasteiger partial charge in [0.2, 0.25) is 0 Å². The molecule has 222 valence electrons. The van der Waals surface area contributed by atoms with E-state index in [1.54, 1.807) is 0 Å². The van der Waals surface area contributed by atoms with Gasteiger partial charge in [-0.1, -0.05) is 146 Å².